The highest BCUT2D eigenvalue weighted by Gasteiger charge is 2.48. The predicted octanol–water partition coefficient (Wildman–Crippen LogP) is 3.40. The number of nitrogens with zero attached hydrogens (tertiary/aromatic N) is 5. The molecule has 86 heavy (non-hydrogen) atoms. The first-order valence-electron chi connectivity index (χ1n) is 28.6. The minimum atomic E-state index is -1.11. The van der Waals surface area contributed by atoms with Gasteiger partial charge in [-0.2, -0.15) is 0 Å². The van der Waals surface area contributed by atoms with Crippen LogP contribution in [0, 0.1) is 89.4 Å². The fourth-order valence-electron chi connectivity index (χ4n) is 10.2. The van der Waals surface area contributed by atoms with Gasteiger partial charge < -0.3 is 35.7 Å². The Hall–Kier alpha value is -7.83. The lowest BCUT2D eigenvalue weighted by molar-refractivity contribution is -0.132. The molecule has 5 saturated heterocycles. The lowest BCUT2D eigenvalue weighted by atomic mass is 9.90. The number of aliphatic hydroxyl groups excluding tert-OH is 7. The lowest BCUT2D eigenvalue weighted by Crippen LogP contribution is -2.39. The first kappa shape index (κ1) is 67.3. The molecule has 5 aromatic rings. The maximum Gasteiger partial charge on any atom is 0.251 e. The molecule has 466 valence electrons. The van der Waals surface area contributed by atoms with Gasteiger partial charge in [0.25, 0.3) is 11.8 Å². The molecule has 12 N–H and O–H groups in total. The van der Waals surface area contributed by atoms with E-state index in [1.807, 2.05) is 157 Å². The Morgan fingerprint density at radius 1 is 0.314 bits per heavy atom. The maximum atomic E-state index is 11.8. The summed E-state index contributed by atoms with van der Waals surface area (Å²) in [6.45, 7) is 23.5. The average molecular weight is 1190 g/mol. The van der Waals surface area contributed by atoms with Gasteiger partial charge in [0.15, 0.2) is 0 Å². The number of aliphatic hydroxyl groups is 7. The van der Waals surface area contributed by atoms with E-state index >= 15 is 0 Å². The van der Waals surface area contributed by atoms with E-state index in [9.17, 15) is 59.7 Å². The molecule has 0 radical (unpaired) electrons. The fraction of sp³-hybridized carbons (Fsp3) is 0.453. The van der Waals surface area contributed by atoms with E-state index in [0.29, 0.717) is 19.6 Å². The topological polar surface area (TPSA) is 303 Å². The van der Waals surface area contributed by atoms with Crippen LogP contribution in [0.4, 0.5) is 28.4 Å². The average Bonchev–Trinajstić information content (AvgIpc) is 2.61. The van der Waals surface area contributed by atoms with Crippen LogP contribution in [0.2, 0.25) is 0 Å². The third-order valence-electron chi connectivity index (χ3n) is 16.2. The van der Waals surface area contributed by atoms with Crippen molar-refractivity contribution in [3.8, 4) is 0 Å². The molecule has 0 aromatic heterocycles. The van der Waals surface area contributed by atoms with Crippen LogP contribution in [-0.2, 0) is 24.0 Å². The Balaban J connectivity index is 0.000000172. The van der Waals surface area contributed by atoms with Crippen LogP contribution in [0.1, 0.15) is 70.8 Å². The van der Waals surface area contributed by atoms with Gasteiger partial charge in [0.05, 0.1) is 124 Å². The molecule has 0 saturated carbocycles. The number of benzene rings is 5. The second-order valence-corrected chi connectivity index (χ2v) is 24.6. The van der Waals surface area contributed by atoms with Crippen molar-refractivity contribution >= 4 is 58.0 Å². The van der Waals surface area contributed by atoms with E-state index < -0.39 is 27.1 Å². The normalized spacial score (nSPS) is 21.6. The molecule has 5 aliphatic heterocycles. The lowest BCUT2D eigenvalue weighted by Gasteiger charge is -2.22. The maximum absolute atomic E-state index is 11.8. The smallest absolute Gasteiger partial charge is 0.251 e. The van der Waals surface area contributed by atoms with Gasteiger partial charge >= 0.3 is 0 Å². The number of hydrogen-bond acceptors (Lipinski definition) is 17. The van der Waals surface area contributed by atoms with Crippen LogP contribution in [0.25, 0.3) is 0 Å². The van der Waals surface area contributed by atoms with Gasteiger partial charge in [-0.15, -0.1) is 0 Å². The van der Waals surface area contributed by atoms with Crippen molar-refractivity contribution in [2.24, 2.45) is 27.1 Å². The summed E-state index contributed by atoms with van der Waals surface area (Å²) in [6.07, 6.45) is 0. The van der Waals surface area contributed by atoms with E-state index in [4.69, 9.17) is 0 Å². The Morgan fingerprint density at radius 2 is 0.640 bits per heavy atom. The molecule has 5 aliphatic rings. The first-order valence-corrected chi connectivity index (χ1v) is 28.6. The van der Waals surface area contributed by atoms with Crippen LogP contribution < -0.4 is 52.2 Å². The molecule has 3 atom stereocenters. The summed E-state index contributed by atoms with van der Waals surface area (Å²) in [6, 6.07) is 32.0. The number of aryl methyl sites for hydroxylation is 9. The molecule has 10 rings (SSSR count). The molecule has 3 unspecified atom stereocenters. The zero-order valence-electron chi connectivity index (χ0n) is 51.6. The highest BCUT2D eigenvalue weighted by atomic mass is 16.3. The third-order valence-corrected chi connectivity index (χ3v) is 16.2. The summed E-state index contributed by atoms with van der Waals surface area (Å²) in [5.74, 6) is -1.06. The van der Waals surface area contributed by atoms with Gasteiger partial charge in [-0.1, -0.05) is 59.7 Å². The zero-order chi connectivity index (χ0) is 63.7. The number of anilines is 5. The summed E-state index contributed by atoms with van der Waals surface area (Å²) < 4.78 is 0. The van der Waals surface area contributed by atoms with Crippen molar-refractivity contribution in [3.63, 3.8) is 0 Å². The monoisotopic (exact) mass is 1190 g/mol. The Bertz CT molecular complexity index is 3210. The van der Waals surface area contributed by atoms with E-state index in [2.05, 4.69) is 39.3 Å². The molecule has 5 amide bonds. The number of carbonyl (C=O) groups excluding carboxylic acids is 5. The van der Waals surface area contributed by atoms with Crippen molar-refractivity contribution in [3.05, 3.63) is 147 Å². The molecule has 22 heteroatoms. The van der Waals surface area contributed by atoms with Crippen molar-refractivity contribution in [1.29, 1.82) is 0 Å². The number of nitrogens with one attached hydrogen (secondary N) is 5. The second kappa shape index (κ2) is 27.7. The Morgan fingerprint density at radius 3 is 1.01 bits per heavy atom. The highest BCUT2D eigenvalue weighted by Crippen LogP contribution is 2.34. The quantitative estimate of drug-likeness (QED) is 0.0852. The van der Waals surface area contributed by atoms with E-state index in [0.717, 1.165) is 72.9 Å². The third kappa shape index (κ3) is 15.2. The number of carbonyl (C=O) groups is 5. The van der Waals surface area contributed by atoms with Crippen molar-refractivity contribution < 1.29 is 59.7 Å². The van der Waals surface area contributed by atoms with E-state index in [-0.39, 0.29) is 88.9 Å². The molecule has 0 aliphatic carbocycles. The summed E-state index contributed by atoms with van der Waals surface area (Å²) >= 11 is 0. The molecule has 22 nitrogen and oxygen atoms in total. The Kier molecular flexibility index (Phi) is 21.7. The van der Waals surface area contributed by atoms with Gasteiger partial charge in [0.1, 0.15) is 10.8 Å². The zero-order valence-corrected chi connectivity index (χ0v) is 51.6. The van der Waals surface area contributed by atoms with E-state index in [1.165, 1.54) is 5.56 Å². The number of rotatable bonds is 12. The molecular weight excluding hydrogens is 1100 g/mol. The van der Waals surface area contributed by atoms with Gasteiger partial charge in [-0.25, -0.2) is 0 Å². The summed E-state index contributed by atoms with van der Waals surface area (Å²) in [5.41, 5.74) is 24.3. The minimum absolute atomic E-state index is 0.124. The molecule has 5 aromatic carbocycles. The molecule has 0 bridgehead atoms. The molecular formula is C64H88N10O12. The van der Waals surface area contributed by atoms with Gasteiger partial charge in [-0.3, -0.25) is 76.1 Å². The minimum Gasteiger partial charge on any atom is -0.395 e. The fourth-order valence-corrected chi connectivity index (χ4v) is 10.2. The summed E-state index contributed by atoms with van der Waals surface area (Å²) in [5, 5.41) is 73.7. The van der Waals surface area contributed by atoms with Crippen LogP contribution in [0.5, 0.6) is 0 Å². The van der Waals surface area contributed by atoms with Crippen LogP contribution in [0.15, 0.2) is 97.1 Å². The summed E-state index contributed by atoms with van der Waals surface area (Å²) in [7, 11) is 0. The number of hydrogen-bond donors (Lipinski definition) is 12. The van der Waals surface area contributed by atoms with Crippen molar-refractivity contribution in [1.82, 2.24) is 27.1 Å². The number of hydrazine groups is 5. The Labute approximate surface area is 504 Å². The molecule has 0 spiro atoms. The standard InChI is InChI=1S/C13H18N2O3.3C13H18N2O2.C12H16N2O3/c1-9-3-10(2)5-11(4-9)15-6-13(7-16,8-17)12(18)14-15;1-9-4-10(2)6-11(5-9)15-7-13(3,8-16)12(17)14-15;1-9-4-5-11(10(2)6-9)15-7-13(3,8-16)12(17)14-15;1-9-4-5-10(2)11(6-9)15-7-13(3,8-16)12(17)14-15;1-9-2-4-10(5-3-9)14-6-12(7-15,8-16)11(17)13-14/h3-5,16-17H,6-8H2,1-2H3,(H,14,18);3*4-6,16H,7-8H2,1-3H3,(H,14,17);2-5,15-16H,6-8H2,1H3,(H,13,17). The van der Waals surface area contributed by atoms with E-state index in [1.54, 1.807) is 35.8 Å². The van der Waals surface area contributed by atoms with Crippen LogP contribution in [-0.4, -0.2) is 144 Å². The predicted molar refractivity (Wildman–Crippen MR) is 331 cm³/mol. The summed E-state index contributed by atoms with van der Waals surface area (Å²) in [4.78, 5) is 58.9. The van der Waals surface area contributed by atoms with Crippen molar-refractivity contribution in [2.45, 2.75) is 83.1 Å². The highest BCUT2D eigenvalue weighted by molar-refractivity contribution is 5.91. The van der Waals surface area contributed by atoms with Crippen LogP contribution >= 0.6 is 0 Å². The van der Waals surface area contributed by atoms with Crippen molar-refractivity contribution in [2.75, 3.05) is 104 Å². The van der Waals surface area contributed by atoms with Gasteiger partial charge in [0.2, 0.25) is 17.7 Å². The molecule has 5 heterocycles. The molecule has 5 fully saturated rings. The van der Waals surface area contributed by atoms with Gasteiger partial charge in [-0.05, 0) is 171 Å². The SMILES string of the molecule is Cc1cc(C)cc(N2CC(C)(CO)C(=O)N2)c1.Cc1cc(C)cc(N2CC(CO)(CO)C(=O)N2)c1.Cc1ccc(C)c(N2CC(C)(CO)C(=O)N2)c1.Cc1ccc(N2CC(C)(CO)C(=O)N2)c(C)c1.Cc1ccc(N2CC(CO)(CO)C(=O)N2)cc1. The second-order valence-electron chi connectivity index (χ2n) is 24.6. The first-order chi connectivity index (χ1) is 40.5. The largest absolute Gasteiger partial charge is 0.395 e. The van der Waals surface area contributed by atoms with Crippen LogP contribution in [0.3, 0.4) is 0 Å². The number of amides is 5. The van der Waals surface area contributed by atoms with Gasteiger partial charge in [0, 0.05) is 0 Å².